The number of aromatic carboxylic acids is 1. The van der Waals surface area contributed by atoms with Crippen LogP contribution in [0.5, 0.6) is 0 Å². The Kier molecular flexibility index (Phi) is 5.61. The van der Waals surface area contributed by atoms with Gasteiger partial charge in [0.1, 0.15) is 0 Å². The average Bonchev–Trinajstić information content (AvgIpc) is 2.53. The van der Waals surface area contributed by atoms with Gasteiger partial charge < -0.3 is 15.2 Å². The Morgan fingerprint density at radius 2 is 1.73 bits per heavy atom. The van der Waals surface area contributed by atoms with Gasteiger partial charge in [-0.3, -0.25) is 4.79 Å². The fourth-order valence-electron chi connectivity index (χ4n) is 1.88. The van der Waals surface area contributed by atoms with Crippen molar-refractivity contribution in [1.29, 1.82) is 0 Å². The monoisotopic (exact) mass is 314 g/mol. The first-order valence-corrected chi connectivity index (χ1v) is 7.89. The SMILES string of the molecule is C[C@H](SCc1ccccc1)C(=O)Nc1ccccc1C(=O)[O-]. The van der Waals surface area contributed by atoms with Gasteiger partial charge in [0.25, 0.3) is 0 Å². The number of carboxylic acid groups (broad SMARTS) is 1. The number of carboxylic acids is 1. The van der Waals surface area contributed by atoms with Gasteiger partial charge in [-0.15, -0.1) is 11.8 Å². The zero-order chi connectivity index (χ0) is 15.9. The van der Waals surface area contributed by atoms with Crippen LogP contribution < -0.4 is 10.4 Å². The van der Waals surface area contributed by atoms with E-state index < -0.39 is 5.97 Å². The maximum absolute atomic E-state index is 12.2. The van der Waals surface area contributed by atoms with Gasteiger partial charge in [-0.2, -0.15) is 0 Å². The Hall–Kier alpha value is -2.27. The van der Waals surface area contributed by atoms with Crippen molar-refractivity contribution in [2.45, 2.75) is 17.9 Å². The molecule has 0 radical (unpaired) electrons. The lowest BCUT2D eigenvalue weighted by Crippen LogP contribution is -2.27. The molecule has 114 valence electrons. The summed E-state index contributed by atoms with van der Waals surface area (Å²) in [4.78, 5) is 23.2. The number of benzene rings is 2. The van der Waals surface area contributed by atoms with E-state index in [9.17, 15) is 14.7 Å². The number of amides is 1. The Morgan fingerprint density at radius 3 is 2.41 bits per heavy atom. The number of anilines is 1. The second-order valence-electron chi connectivity index (χ2n) is 4.76. The summed E-state index contributed by atoms with van der Waals surface area (Å²) in [5.41, 5.74) is 1.39. The quantitative estimate of drug-likeness (QED) is 0.888. The summed E-state index contributed by atoms with van der Waals surface area (Å²) < 4.78 is 0. The number of para-hydroxylation sites is 1. The third kappa shape index (κ3) is 4.36. The van der Waals surface area contributed by atoms with Gasteiger partial charge in [-0.25, -0.2) is 0 Å². The van der Waals surface area contributed by atoms with Crippen LogP contribution in [0.25, 0.3) is 0 Å². The minimum Gasteiger partial charge on any atom is -0.545 e. The van der Waals surface area contributed by atoms with E-state index in [0.717, 1.165) is 11.3 Å². The summed E-state index contributed by atoms with van der Waals surface area (Å²) in [5, 5.41) is 13.4. The van der Waals surface area contributed by atoms with Crippen LogP contribution in [0.15, 0.2) is 54.6 Å². The fourth-order valence-corrected chi connectivity index (χ4v) is 2.72. The lowest BCUT2D eigenvalue weighted by molar-refractivity contribution is -0.254. The molecule has 0 aliphatic heterocycles. The predicted molar refractivity (Wildman–Crippen MR) is 86.6 cm³/mol. The molecule has 1 amide bonds. The Morgan fingerprint density at radius 1 is 1.09 bits per heavy atom. The van der Waals surface area contributed by atoms with Crippen LogP contribution in [0, 0.1) is 0 Å². The molecule has 0 aliphatic rings. The third-order valence-electron chi connectivity index (χ3n) is 3.12. The molecule has 0 saturated carbocycles. The molecule has 0 aromatic heterocycles. The van der Waals surface area contributed by atoms with Crippen LogP contribution >= 0.6 is 11.8 Å². The van der Waals surface area contributed by atoms with Crippen molar-refractivity contribution in [2.24, 2.45) is 0 Å². The van der Waals surface area contributed by atoms with E-state index in [-0.39, 0.29) is 22.4 Å². The molecule has 0 saturated heterocycles. The van der Waals surface area contributed by atoms with Crippen molar-refractivity contribution in [3.63, 3.8) is 0 Å². The molecular weight excluding hydrogens is 298 g/mol. The normalized spacial score (nSPS) is 11.7. The molecule has 1 atom stereocenters. The van der Waals surface area contributed by atoms with Crippen LogP contribution in [0.3, 0.4) is 0 Å². The van der Waals surface area contributed by atoms with Crippen LogP contribution in [0.4, 0.5) is 5.69 Å². The molecule has 0 unspecified atom stereocenters. The van der Waals surface area contributed by atoms with Crippen LogP contribution in [0.1, 0.15) is 22.8 Å². The highest BCUT2D eigenvalue weighted by atomic mass is 32.2. The molecule has 0 bridgehead atoms. The van der Waals surface area contributed by atoms with Crippen LogP contribution in [-0.4, -0.2) is 17.1 Å². The van der Waals surface area contributed by atoms with E-state index in [2.05, 4.69) is 5.32 Å². The van der Waals surface area contributed by atoms with Crippen molar-refractivity contribution < 1.29 is 14.7 Å². The van der Waals surface area contributed by atoms with Crippen molar-refractivity contribution in [3.05, 3.63) is 65.7 Å². The van der Waals surface area contributed by atoms with Crippen LogP contribution in [-0.2, 0) is 10.5 Å². The number of hydrogen-bond acceptors (Lipinski definition) is 4. The van der Waals surface area contributed by atoms with Crippen LogP contribution in [0.2, 0.25) is 0 Å². The molecule has 5 heteroatoms. The number of nitrogens with one attached hydrogen (secondary N) is 1. The first kappa shape index (κ1) is 16.1. The van der Waals surface area contributed by atoms with Crippen molar-refractivity contribution in [1.82, 2.24) is 0 Å². The summed E-state index contributed by atoms with van der Waals surface area (Å²) in [6.45, 7) is 1.80. The van der Waals surface area contributed by atoms with E-state index in [1.165, 1.54) is 17.8 Å². The topological polar surface area (TPSA) is 69.2 Å². The lowest BCUT2D eigenvalue weighted by Gasteiger charge is -2.15. The van der Waals surface area contributed by atoms with Gasteiger partial charge in [0.15, 0.2) is 0 Å². The summed E-state index contributed by atoms with van der Waals surface area (Å²) >= 11 is 1.50. The average molecular weight is 314 g/mol. The minimum absolute atomic E-state index is 0.0175. The maximum atomic E-state index is 12.2. The number of thioether (sulfide) groups is 1. The van der Waals surface area contributed by atoms with E-state index >= 15 is 0 Å². The summed E-state index contributed by atoms with van der Waals surface area (Å²) in [6, 6.07) is 16.1. The number of rotatable bonds is 6. The number of hydrogen-bond donors (Lipinski definition) is 1. The zero-order valence-electron chi connectivity index (χ0n) is 12.1. The van der Waals surface area contributed by atoms with Gasteiger partial charge in [-0.1, -0.05) is 48.5 Å². The molecule has 0 heterocycles. The zero-order valence-corrected chi connectivity index (χ0v) is 12.9. The highest BCUT2D eigenvalue weighted by Crippen LogP contribution is 2.20. The number of carbonyl (C=O) groups is 2. The summed E-state index contributed by atoms with van der Waals surface area (Å²) in [5.74, 6) is -0.812. The van der Waals surface area contributed by atoms with E-state index in [0.29, 0.717) is 0 Å². The lowest BCUT2D eigenvalue weighted by atomic mass is 10.2. The highest BCUT2D eigenvalue weighted by Gasteiger charge is 2.15. The van der Waals surface area contributed by atoms with Crippen molar-refractivity contribution >= 4 is 29.3 Å². The molecular formula is C17H16NO3S-. The standard InChI is InChI=1S/C17H17NO3S/c1-12(22-11-13-7-3-2-4-8-13)16(19)18-15-10-6-5-9-14(15)17(20)21/h2-10,12H,11H2,1H3,(H,18,19)(H,20,21)/p-1/t12-/m0/s1. The Balaban J connectivity index is 1.96. The summed E-state index contributed by atoms with van der Waals surface area (Å²) in [7, 11) is 0. The van der Waals surface area contributed by atoms with Gasteiger partial charge in [0, 0.05) is 17.0 Å². The molecule has 0 fully saturated rings. The van der Waals surface area contributed by atoms with E-state index in [1.54, 1.807) is 25.1 Å². The smallest absolute Gasteiger partial charge is 0.237 e. The highest BCUT2D eigenvalue weighted by molar-refractivity contribution is 7.99. The Bertz CT molecular complexity index is 658. The molecule has 4 nitrogen and oxygen atoms in total. The summed E-state index contributed by atoms with van der Waals surface area (Å²) in [6.07, 6.45) is 0. The Labute approximate surface area is 133 Å². The van der Waals surface area contributed by atoms with Gasteiger partial charge >= 0.3 is 0 Å². The van der Waals surface area contributed by atoms with Gasteiger partial charge in [-0.05, 0) is 18.6 Å². The minimum atomic E-state index is -1.31. The molecule has 2 aromatic rings. The third-order valence-corrected chi connectivity index (χ3v) is 4.33. The largest absolute Gasteiger partial charge is 0.545 e. The maximum Gasteiger partial charge on any atom is 0.237 e. The van der Waals surface area contributed by atoms with E-state index in [1.807, 2.05) is 30.3 Å². The van der Waals surface area contributed by atoms with Crippen molar-refractivity contribution in [3.8, 4) is 0 Å². The molecule has 2 rings (SSSR count). The van der Waals surface area contributed by atoms with E-state index in [4.69, 9.17) is 0 Å². The fraction of sp³-hybridized carbons (Fsp3) is 0.176. The molecule has 2 aromatic carbocycles. The predicted octanol–water partition coefficient (Wildman–Crippen LogP) is 2.31. The second-order valence-corrected chi connectivity index (χ2v) is 6.09. The molecule has 22 heavy (non-hydrogen) atoms. The van der Waals surface area contributed by atoms with Gasteiger partial charge in [0.2, 0.25) is 5.91 Å². The number of carbonyl (C=O) groups excluding carboxylic acids is 2. The molecule has 1 N–H and O–H groups in total. The second kappa shape index (κ2) is 7.66. The van der Waals surface area contributed by atoms with Gasteiger partial charge in [0.05, 0.1) is 11.2 Å². The first-order valence-electron chi connectivity index (χ1n) is 6.84. The molecule has 0 spiro atoms. The van der Waals surface area contributed by atoms with Crippen molar-refractivity contribution in [2.75, 3.05) is 5.32 Å². The molecule has 0 aliphatic carbocycles. The first-order chi connectivity index (χ1) is 10.6.